The van der Waals surface area contributed by atoms with Gasteiger partial charge in [0.15, 0.2) is 0 Å². The Balaban J connectivity index is 0. The summed E-state index contributed by atoms with van der Waals surface area (Å²) in [5, 5.41) is 0. The van der Waals surface area contributed by atoms with Gasteiger partial charge in [-0.2, -0.15) is 0 Å². The van der Waals surface area contributed by atoms with Crippen molar-refractivity contribution < 1.29 is 25.6 Å². The summed E-state index contributed by atoms with van der Waals surface area (Å²) < 4.78 is 0. The van der Waals surface area contributed by atoms with Crippen molar-refractivity contribution in [2.75, 3.05) is 0 Å². The zero-order valence-electron chi connectivity index (χ0n) is 1.65. The van der Waals surface area contributed by atoms with E-state index in [0.29, 0.717) is 0 Å². The molecule has 1 nitrogen and oxygen atoms in total. The summed E-state index contributed by atoms with van der Waals surface area (Å²) in [5.74, 6) is 0. The molecule has 1 radical (unpaired) electrons. The third-order valence-electron chi connectivity index (χ3n) is 0. The van der Waals surface area contributed by atoms with Crippen molar-refractivity contribution in [2.24, 2.45) is 0 Å². The van der Waals surface area contributed by atoms with Crippen LogP contribution in [0.25, 0.3) is 0 Å². The van der Waals surface area contributed by atoms with Gasteiger partial charge in [-0.3, -0.25) is 0 Å². The fourth-order valence-electron chi connectivity index (χ4n) is 0. The van der Waals surface area contributed by atoms with Crippen molar-refractivity contribution >= 4 is 24.8 Å². The average Bonchev–Trinajstić information content (AvgIpc) is 0. The van der Waals surface area contributed by atoms with Crippen LogP contribution in [0.15, 0.2) is 0 Å². The van der Waals surface area contributed by atoms with Crippen LogP contribution in [0.1, 0.15) is 0 Å². The molecule has 0 saturated heterocycles. The van der Waals surface area contributed by atoms with E-state index in [1.165, 1.54) is 0 Å². The van der Waals surface area contributed by atoms with E-state index in [1.807, 2.05) is 0 Å². The molecule has 0 amide bonds. The maximum absolute atomic E-state index is 0. The molecule has 2 N–H and O–H groups in total. The first-order chi connectivity index (χ1) is 0. The Kier molecular flexibility index (Phi) is 485. The van der Waals surface area contributed by atoms with Crippen molar-refractivity contribution in [1.82, 2.24) is 0 Å². The van der Waals surface area contributed by atoms with Crippen LogP contribution in [0.3, 0.4) is 0 Å². The summed E-state index contributed by atoms with van der Waals surface area (Å²) in [5.41, 5.74) is 0. The molecule has 0 aliphatic heterocycles. The van der Waals surface area contributed by atoms with Gasteiger partial charge in [0, 0.05) is 20.1 Å². The predicted octanol–water partition coefficient (Wildman–Crippen LogP) is 0.0164. The van der Waals surface area contributed by atoms with Crippen molar-refractivity contribution in [2.45, 2.75) is 0 Å². The van der Waals surface area contributed by atoms with Crippen LogP contribution >= 0.6 is 24.8 Å². The van der Waals surface area contributed by atoms with Crippen LogP contribution in [0, 0.1) is 0 Å². The molecule has 0 aliphatic carbocycles. The largest absolute Gasteiger partial charge is 0.412 e. The molecule has 0 aromatic heterocycles. The van der Waals surface area contributed by atoms with Crippen LogP contribution < -0.4 is 0 Å². The van der Waals surface area contributed by atoms with Gasteiger partial charge >= 0.3 is 0 Å². The Morgan fingerprint density at radius 2 is 0.750 bits per heavy atom. The fraction of sp³-hybridized carbons (Fsp3) is 0. The minimum absolute atomic E-state index is 0. The summed E-state index contributed by atoms with van der Waals surface area (Å²) in [6.07, 6.45) is 0. The SMILES string of the molecule is Cl.Cl.O.[Ir]. The number of rotatable bonds is 0. The van der Waals surface area contributed by atoms with E-state index in [2.05, 4.69) is 0 Å². The molecule has 0 spiro atoms. The third-order valence-corrected chi connectivity index (χ3v) is 0. The van der Waals surface area contributed by atoms with E-state index >= 15 is 0 Å². The fourth-order valence-corrected chi connectivity index (χ4v) is 0. The third kappa shape index (κ3) is 10.8. The molecule has 0 saturated carbocycles. The minimum atomic E-state index is 0. The van der Waals surface area contributed by atoms with Crippen LogP contribution in [-0.4, -0.2) is 5.48 Å². The van der Waals surface area contributed by atoms with Crippen molar-refractivity contribution in [1.29, 1.82) is 0 Å². The van der Waals surface area contributed by atoms with E-state index in [1.54, 1.807) is 0 Å². The normalized spacial score (nSPS) is 0. The van der Waals surface area contributed by atoms with Gasteiger partial charge in [0.2, 0.25) is 0 Å². The van der Waals surface area contributed by atoms with Gasteiger partial charge in [-0.05, 0) is 0 Å². The van der Waals surface area contributed by atoms with Crippen LogP contribution in [-0.2, 0) is 20.1 Å². The Morgan fingerprint density at radius 1 is 0.750 bits per heavy atom. The summed E-state index contributed by atoms with van der Waals surface area (Å²) in [4.78, 5) is 0. The molecule has 0 fully saturated rings. The van der Waals surface area contributed by atoms with Crippen molar-refractivity contribution in [3.63, 3.8) is 0 Å². The predicted molar refractivity (Wildman–Crippen MR) is 18.1 cm³/mol. The average molecular weight is 283 g/mol. The quantitative estimate of drug-likeness (QED) is 0.600. The molecule has 0 atom stereocenters. The molecular formula is H4Cl2IrO. The van der Waals surface area contributed by atoms with Gasteiger partial charge in [0.05, 0.1) is 0 Å². The Labute approximate surface area is 50.6 Å². The van der Waals surface area contributed by atoms with Crippen LogP contribution in [0.5, 0.6) is 0 Å². The second kappa shape index (κ2) is 30.1. The van der Waals surface area contributed by atoms with E-state index in [-0.39, 0.29) is 50.4 Å². The molecular weight excluding hydrogens is 279 g/mol. The molecule has 4 heteroatoms. The van der Waals surface area contributed by atoms with Gasteiger partial charge in [-0.25, -0.2) is 0 Å². The molecule has 0 unspecified atom stereocenters. The van der Waals surface area contributed by atoms with Crippen LogP contribution in [0.2, 0.25) is 0 Å². The monoisotopic (exact) mass is 283 g/mol. The summed E-state index contributed by atoms with van der Waals surface area (Å²) >= 11 is 0. The molecule has 33 valence electrons. The van der Waals surface area contributed by atoms with Crippen LogP contribution in [0.4, 0.5) is 0 Å². The maximum Gasteiger partial charge on any atom is 0 e. The molecule has 0 aromatic carbocycles. The maximum atomic E-state index is 0. The van der Waals surface area contributed by atoms with Crippen molar-refractivity contribution in [3.05, 3.63) is 0 Å². The molecule has 0 bridgehead atoms. The number of hydrogen-bond donors (Lipinski definition) is 0. The molecule has 0 rings (SSSR count). The second-order valence-corrected chi connectivity index (χ2v) is 0. The molecule has 0 aliphatic rings. The van der Waals surface area contributed by atoms with Crippen molar-refractivity contribution in [3.8, 4) is 0 Å². The Morgan fingerprint density at radius 3 is 0.750 bits per heavy atom. The first-order valence-electron chi connectivity index (χ1n) is 0. The molecule has 0 heterocycles. The zero-order valence-corrected chi connectivity index (χ0v) is 5.68. The smallest absolute Gasteiger partial charge is 0 e. The van der Waals surface area contributed by atoms with Gasteiger partial charge < -0.3 is 5.48 Å². The van der Waals surface area contributed by atoms with Gasteiger partial charge in [0.25, 0.3) is 0 Å². The molecule has 0 aromatic rings. The van der Waals surface area contributed by atoms with E-state index < -0.39 is 0 Å². The van der Waals surface area contributed by atoms with E-state index in [0.717, 1.165) is 0 Å². The van der Waals surface area contributed by atoms with E-state index in [4.69, 9.17) is 0 Å². The van der Waals surface area contributed by atoms with Gasteiger partial charge in [0.1, 0.15) is 0 Å². The Hall–Kier alpha value is 1.19. The van der Waals surface area contributed by atoms with E-state index in [9.17, 15) is 0 Å². The first kappa shape index (κ1) is 64.4. The summed E-state index contributed by atoms with van der Waals surface area (Å²) in [6, 6.07) is 0. The standard InChI is InChI=1S/2ClH.Ir.H2O/h2*1H;;1H2. The minimum Gasteiger partial charge on any atom is -0.412 e. The van der Waals surface area contributed by atoms with Gasteiger partial charge in [-0.1, -0.05) is 0 Å². The second-order valence-electron chi connectivity index (χ2n) is 0. The summed E-state index contributed by atoms with van der Waals surface area (Å²) in [6.45, 7) is 0. The Bertz CT molecular complexity index is 6.00. The topological polar surface area (TPSA) is 31.5 Å². The molecule has 4 heavy (non-hydrogen) atoms. The number of halogens is 2. The first-order valence-corrected chi connectivity index (χ1v) is 0. The summed E-state index contributed by atoms with van der Waals surface area (Å²) in [7, 11) is 0. The number of hydrogen-bond acceptors (Lipinski definition) is 0. The van der Waals surface area contributed by atoms with Gasteiger partial charge in [-0.15, -0.1) is 24.8 Å². The zero-order chi connectivity index (χ0) is 0.